The third-order valence-electron chi connectivity index (χ3n) is 2.57. The summed E-state index contributed by atoms with van der Waals surface area (Å²) in [5, 5.41) is 9.79. The maximum absolute atomic E-state index is 9.79. The second-order valence-electron chi connectivity index (χ2n) is 3.76. The number of aryl methyl sites for hydroxylation is 3. The highest BCUT2D eigenvalue weighted by Gasteiger charge is 2.10. The van der Waals surface area contributed by atoms with Gasteiger partial charge in [0.1, 0.15) is 6.10 Å². The molecule has 0 aliphatic rings. The van der Waals surface area contributed by atoms with E-state index in [4.69, 9.17) is 4.74 Å². The predicted molar refractivity (Wildman–Crippen MR) is 57.5 cm³/mol. The molecule has 78 valence electrons. The van der Waals surface area contributed by atoms with Crippen molar-refractivity contribution in [3.8, 4) is 0 Å². The summed E-state index contributed by atoms with van der Waals surface area (Å²) in [5.41, 5.74) is 4.56. The van der Waals surface area contributed by atoms with Gasteiger partial charge in [0.25, 0.3) is 0 Å². The van der Waals surface area contributed by atoms with Crippen molar-refractivity contribution >= 4 is 0 Å². The van der Waals surface area contributed by atoms with Crippen LogP contribution in [0.3, 0.4) is 0 Å². The normalized spacial score (nSPS) is 12.9. The highest BCUT2D eigenvalue weighted by molar-refractivity contribution is 5.37. The van der Waals surface area contributed by atoms with Gasteiger partial charge in [-0.2, -0.15) is 0 Å². The Morgan fingerprint density at radius 1 is 1.14 bits per heavy atom. The lowest BCUT2D eigenvalue weighted by Gasteiger charge is -2.15. The number of rotatable bonds is 3. The minimum absolute atomic E-state index is 0.351. The molecule has 1 rings (SSSR count). The summed E-state index contributed by atoms with van der Waals surface area (Å²) in [5.74, 6) is 0. The fourth-order valence-corrected chi connectivity index (χ4v) is 1.59. The van der Waals surface area contributed by atoms with E-state index in [2.05, 4.69) is 19.9 Å². The van der Waals surface area contributed by atoms with Crippen LogP contribution in [0, 0.1) is 20.8 Å². The fraction of sp³-hybridized carbons (Fsp3) is 0.500. The molecule has 0 saturated heterocycles. The average Bonchev–Trinajstić information content (AvgIpc) is 2.11. The molecule has 2 nitrogen and oxygen atoms in total. The average molecular weight is 194 g/mol. The Hall–Kier alpha value is -0.860. The number of hydrogen-bond donors (Lipinski definition) is 1. The van der Waals surface area contributed by atoms with Gasteiger partial charge in [-0.25, -0.2) is 0 Å². The number of aliphatic hydroxyl groups is 1. The topological polar surface area (TPSA) is 29.5 Å². The Labute approximate surface area is 85.5 Å². The molecule has 0 spiro atoms. The Morgan fingerprint density at radius 2 is 1.71 bits per heavy atom. The van der Waals surface area contributed by atoms with Crippen LogP contribution in [0.2, 0.25) is 0 Å². The van der Waals surface area contributed by atoms with E-state index in [0.717, 1.165) is 11.1 Å². The van der Waals surface area contributed by atoms with Crippen LogP contribution >= 0.6 is 0 Å². The predicted octanol–water partition coefficient (Wildman–Crippen LogP) is 2.29. The zero-order valence-electron chi connectivity index (χ0n) is 9.29. The summed E-state index contributed by atoms with van der Waals surface area (Å²) >= 11 is 0. The maximum Gasteiger partial charge on any atom is 0.103 e. The number of methoxy groups -OCH3 is 1. The third kappa shape index (κ3) is 2.34. The standard InChI is InChI=1S/C12H18O2/c1-8-5-10(3)11(6-9(8)2)12(13)7-14-4/h5-6,12-13H,7H2,1-4H3. The van der Waals surface area contributed by atoms with Crippen LogP contribution in [0.1, 0.15) is 28.4 Å². The molecule has 1 unspecified atom stereocenters. The first-order chi connectivity index (χ1) is 6.56. The summed E-state index contributed by atoms with van der Waals surface area (Å²) < 4.78 is 4.93. The minimum atomic E-state index is -0.515. The Kier molecular flexibility index (Phi) is 3.67. The van der Waals surface area contributed by atoms with Gasteiger partial charge in [-0.3, -0.25) is 0 Å². The van der Waals surface area contributed by atoms with Crippen molar-refractivity contribution in [1.29, 1.82) is 0 Å². The first kappa shape index (κ1) is 11.2. The molecule has 1 N–H and O–H groups in total. The summed E-state index contributed by atoms with van der Waals surface area (Å²) in [7, 11) is 1.60. The second kappa shape index (κ2) is 4.58. The SMILES string of the molecule is COCC(O)c1cc(C)c(C)cc1C. The van der Waals surface area contributed by atoms with E-state index < -0.39 is 6.10 Å². The molecular weight excluding hydrogens is 176 g/mol. The molecule has 0 radical (unpaired) electrons. The molecule has 2 heteroatoms. The summed E-state index contributed by atoms with van der Waals surface area (Å²) in [6.07, 6.45) is -0.515. The number of aliphatic hydroxyl groups excluding tert-OH is 1. The van der Waals surface area contributed by atoms with Crippen LogP contribution < -0.4 is 0 Å². The van der Waals surface area contributed by atoms with Gasteiger partial charge in [0.15, 0.2) is 0 Å². The van der Waals surface area contributed by atoms with Crippen LogP contribution in [0.15, 0.2) is 12.1 Å². The maximum atomic E-state index is 9.79. The summed E-state index contributed by atoms with van der Waals surface area (Å²) in [6, 6.07) is 4.14. The minimum Gasteiger partial charge on any atom is -0.386 e. The number of benzene rings is 1. The van der Waals surface area contributed by atoms with Gasteiger partial charge in [0.05, 0.1) is 6.61 Å². The van der Waals surface area contributed by atoms with Crippen molar-refractivity contribution in [3.63, 3.8) is 0 Å². The van der Waals surface area contributed by atoms with Gasteiger partial charge in [0, 0.05) is 7.11 Å². The smallest absolute Gasteiger partial charge is 0.103 e. The first-order valence-corrected chi connectivity index (χ1v) is 4.81. The zero-order valence-corrected chi connectivity index (χ0v) is 9.29. The lowest BCUT2D eigenvalue weighted by atomic mass is 9.97. The van der Waals surface area contributed by atoms with E-state index in [9.17, 15) is 5.11 Å². The second-order valence-corrected chi connectivity index (χ2v) is 3.76. The van der Waals surface area contributed by atoms with Crippen LogP contribution in [-0.4, -0.2) is 18.8 Å². The van der Waals surface area contributed by atoms with Crippen LogP contribution in [0.4, 0.5) is 0 Å². The van der Waals surface area contributed by atoms with Crippen LogP contribution in [-0.2, 0) is 4.74 Å². The molecule has 1 atom stereocenters. The number of hydrogen-bond acceptors (Lipinski definition) is 2. The molecule has 0 aliphatic carbocycles. The van der Waals surface area contributed by atoms with E-state index >= 15 is 0 Å². The summed E-state index contributed by atoms with van der Waals surface area (Å²) in [6.45, 7) is 6.50. The Morgan fingerprint density at radius 3 is 2.29 bits per heavy atom. The van der Waals surface area contributed by atoms with Gasteiger partial charge in [0.2, 0.25) is 0 Å². The molecule has 0 fully saturated rings. The monoisotopic (exact) mass is 194 g/mol. The van der Waals surface area contributed by atoms with Crippen molar-refractivity contribution in [2.75, 3.05) is 13.7 Å². The molecule has 0 amide bonds. The molecule has 0 aromatic heterocycles. The van der Waals surface area contributed by atoms with Gasteiger partial charge < -0.3 is 9.84 Å². The van der Waals surface area contributed by atoms with Gasteiger partial charge in [-0.1, -0.05) is 12.1 Å². The van der Waals surface area contributed by atoms with Crippen LogP contribution in [0.25, 0.3) is 0 Å². The lowest BCUT2D eigenvalue weighted by Crippen LogP contribution is -2.07. The Bertz CT molecular complexity index is 318. The van der Waals surface area contributed by atoms with Crippen molar-refractivity contribution in [2.45, 2.75) is 26.9 Å². The fourth-order valence-electron chi connectivity index (χ4n) is 1.59. The van der Waals surface area contributed by atoms with E-state index in [-0.39, 0.29) is 0 Å². The van der Waals surface area contributed by atoms with Crippen molar-refractivity contribution in [1.82, 2.24) is 0 Å². The number of ether oxygens (including phenoxy) is 1. The van der Waals surface area contributed by atoms with Gasteiger partial charge in [-0.15, -0.1) is 0 Å². The molecule has 0 heterocycles. The van der Waals surface area contributed by atoms with Crippen molar-refractivity contribution in [3.05, 3.63) is 34.4 Å². The zero-order chi connectivity index (χ0) is 10.7. The van der Waals surface area contributed by atoms with Gasteiger partial charge in [-0.05, 0) is 43.0 Å². The molecule has 0 bridgehead atoms. The first-order valence-electron chi connectivity index (χ1n) is 4.81. The van der Waals surface area contributed by atoms with Crippen LogP contribution in [0.5, 0.6) is 0 Å². The van der Waals surface area contributed by atoms with E-state index in [0.29, 0.717) is 6.61 Å². The quantitative estimate of drug-likeness (QED) is 0.800. The highest BCUT2D eigenvalue weighted by Crippen LogP contribution is 2.21. The van der Waals surface area contributed by atoms with E-state index in [1.807, 2.05) is 13.0 Å². The Balaban J connectivity index is 3.02. The van der Waals surface area contributed by atoms with Gasteiger partial charge >= 0.3 is 0 Å². The van der Waals surface area contributed by atoms with Crippen molar-refractivity contribution in [2.24, 2.45) is 0 Å². The van der Waals surface area contributed by atoms with E-state index in [1.54, 1.807) is 7.11 Å². The van der Waals surface area contributed by atoms with E-state index in [1.165, 1.54) is 11.1 Å². The summed E-state index contributed by atoms with van der Waals surface area (Å²) in [4.78, 5) is 0. The third-order valence-corrected chi connectivity index (χ3v) is 2.57. The molecule has 1 aromatic rings. The lowest BCUT2D eigenvalue weighted by molar-refractivity contribution is 0.0640. The highest BCUT2D eigenvalue weighted by atomic mass is 16.5. The molecular formula is C12H18O2. The van der Waals surface area contributed by atoms with Crippen molar-refractivity contribution < 1.29 is 9.84 Å². The molecule has 14 heavy (non-hydrogen) atoms. The largest absolute Gasteiger partial charge is 0.386 e. The molecule has 1 aromatic carbocycles. The molecule has 0 aliphatic heterocycles. The molecule has 0 saturated carbocycles.